The van der Waals surface area contributed by atoms with Crippen LogP contribution in [0.1, 0.15) is 20.3 Å². The van der Waals surface area contributed by atoms with E-state index in [1.165, 1.54) is 5.01 Å². The minimum atomic E-state index is -0.317. The van der Waals surface area contributed by atoms with E-state index in [1.54, 1.807) is 19.2 Å². The van der Waals surface area contributed by atoms with E-state index in [9.17, 15) is 4.79 Å². The number of nitrogens with zero attached hydrogens (tertiary/aromatic N) is 1. The second kappa shape index (κ2) is 5.86. The molecule has 0 fully saturated rings. The van der Waals surface area contributed by atoms with Gasteiger partial charge in [0.15, 0.2) is 0 Å². The normalized spacial score (nSPS) is 18.2. The van der Waals surface area contributed by atoms with Gasteiger partial charge in [0.1, 0.15) is 0 Å². The highest BCUT2D eigenvalue weighted by Crippen LogP contribution is 2.23. The van der Waals surface area contributed by atoms with Gasteiger partial charge in [0.05, 0.1) is 17.9 Å². The van der Waals surface area contributed by atoms with E-state index in [0.29, 0.717) is 24.3 Å². The number of allylic oxidation sites excluding steroid dienone is 3. The van der Waals surface area contributed by atoms with Gasteiger partial charge in [-0.25, -0.2) is 10.6 Å². The fraction of sp³-hybridized carbons (Fsp3) is 0.364. The summed E-state index contributed by atoms with van der Waals surface area (Å²) < 4.78 is 5.86. The van der Waals surface area contributed by atoms with E-state index >= 15 is 0 Å². The summed E-state index contributed by atoms with van der Waals surface area (Å²) >= 11 is 3.35. The molecule has 1 rings (SSSR count). The average molecular weight is 287 g/mol. The number of hydrazine groups is 1. The smallest absolute Gasteiger partial charge is 0.336 e. The summed E-state index contributed by atoms with van der Waals surface area (Å²) in [5, 5.41) is 1.42. The lowest BCUT2D eigenvalue weighted by atomic mass is 10.1. The van der Waals surface area contributed by atoms with Crippen molar-refractivity contribution in [2.45, 2.75) is 20.3 Å². The summed E-state index contributed by atoms with van der Waals surface area (Å²) in [6.07, 6.45) is 5.87. The molecule has 0 saturated heterocycles. The maximum atomic E-state index is 11.7. The predicted octanol–water partition coefficient (Wildman–Crippen LogP) is 2.20. The maximum Gasteiger partial charge on any atom is 0.336 e. The van der Waals surface area contributed by atoms with Gasteiger partial charge in [-0.15, -0.1) is 0 Å². The van der Waals surface area contributed by atoms with Crippen molar-refractivity contribution < 1.29 is 9.53 Å². The number of carbonyl (C=O) groups is 1. The number of esters is 1. The third kappa shape index (κ3) is 2.96. The van der Waals surface area contributed by atoms with Gasteiger partial charge in [-0.1, -0.05) is 22.9 Å². The summed E-state index contributed by atoms with van der Waals surface area (Å²) in [7, 11) is 0. The molecular weight excluding hydrogens is 272 g/mol. The maximum absolute atomic E-state index is 11.7. The van der Waals surface area contributed by atoms with Crippen LogP contribution in [0.25, 0.3) is 0 Å². The van der Waals surface area contributed by atoms with Crippen molar-refractivity contribution >= 4 is 21.9 Å². The molecule has 0 spiro atoms. The monoisotopic (exact) mass is 286 g/mol. The molecule has 5 heteroatoms. The molecule has 0 aromatic heterocycles. The van der Waals surface area contributed by atoms with Crippen molar-refractivity contribution in [2.75, 3.05) is 6.61 Å². The van der Waals surface area contributed by atoms with Gasteiger partial charge in [-0.05, 0) is 25.5 Å². The summed E-state index contributed by atoms with van der Waals surface area (Å²) in [6.45, 7) is 4.04. The third-order valence-corrected chi connectivity index (χ3v) is 2.62. The van der Waals surface area contributed by atoms with E-state index in [-0.39, 0.29) is 5.97 Å². The van der Waals surface area contributed by atoms with Crippen molar-refractivity contribution in [2.24, 2.45) is 5.84 Å². The van der Waals surface area contributed by atoms with Gasteiger partial charge in [0.2, 0.25) is 0 Å². The van der Waals surface area contributed by atoms with Crippen LogP contribution in [0.4, 0.5) is 0 Å². The zero-order valence-corrected chi connectivity index (χ0v) is 11.0. The molecule has 0 radical (unpaired) electrons. The molecule has 0 amide bonds. The Morgan fingerprint density at radius 2 is 2.25 bits per heavy atom. The number of carbonyl (C=O) groups excluding carboxylic acids is 1. The molecular formula is C11H15BrN2O2. The number of hydrogen-bond acceptors (Lipinski definition) is 4. The highest BCUT2D eigenvalue weighted by molar-refractivity contribution is 9.11. The third-order valence-electron chi connectivity index (χ3n) is 2.13. The quantitative estimate of drug-likeness (QED) is 0.491. The van der Waals surface area contributed by atoms with Gasteiger partial charge in [0, 0.05) is 10.7 Å². The Morgan fingerprint density at radius 3 is 2.81 bits per heavy atom. The fourth-order valence-corrected chi connectivity index (χ4v) is 1.71. The predicted molar refractivity (Wildman–Crippen MR) is 66.1 cm³/mol. The van der Waals surface area contributed by atoms with E-state index in [0.717, 1.165) is 4.48 Å². The van der Waals surface area contributed by atoms with E-state index in [2.05, 4.69) is 15.9 Å². The van der Waals surface area contributed by atoms with Crippen LogP contribution >= 0.6 is 15.9 Å². The molecule has 4 nitrogen and oxygen atoms in total. The number of rotatable bonds is 3. The standard InChI is InChI=1S/C11H15BrN2O2/c1-3-9(11(15)16-4-2)10-7-8(12)5-6-14(10)13/h5-7H,3-4,13H2,1-2H3/b10-9+. The first-order chi connectivity index (χ1) is 7.60. The molecule has 1 aliphatic heterocycles. The van der Waals surface area contributed by atoms with Crippen molar-refractivity contribution in [3.05, 3.63) is 34.1 Å². The second-order valence-corrected chi connectivity index (χ2v) is 4.11. The number of ether oxygens (including phenoxy) is 1. The van der Waals surface area contributed by atoms with Gasteiger partial charge < -0.3 is 4.74 Å². The number of nitrogens with two attached hydrogens (primary N) is 1. The Labute approximate surface area is 104 Å². The van der Waals surface area contributed by atoms with Gasteiger partial charge >= 0.3 is 5.97 Å². The van der Waals surface area contributed by atoms with Crippen LogP contribution in [-0.2, 0) is 9.53 Å². The molecule has 2 N–H and O–H groups in total. The van der Waals surface area contributed by atoms with Crippen molar-refractivity contribution in [1.29, 1.82) is 0 Å². The zero-order chi connectivity index (χ0) is 12.1. The Bertz CT molecular complexity index is 372. The molecule has 1 heterocycles. The minimum absolute atomic E-state index is 0.317. The van der Waals surface area contributed by atoms with Crippen LogP contribution in [0.3, 0.4) is 0 Å². The number of halogens is 1. The van der Waals surface area contributed by atoms with Gasteiger partial charge in [0.25, 0.3) is 0 Å². The molecule has 88 valence electrons. The van der Waals surface area contributed by atoms with Crippen LogP contribution in [0, 0.1) is 0 Å². The topological polar surface area (TPSA) is 55.6 Å². The van der Waals surface area contributed by atoms with Gasteiger partial charge in [-0.2, -0.15) is 0 Å². The number of hydrogen-bond donors (Lipinski definition) is 1. The lowest BCUT2D eigenvalue weighted by molar-refractivity contribution is -0.138. The largest absolute Gasteiger partial charge is 0.463 e. The van der Waals surface area contributed by atoms with Crippen molar-refractivity contribution in [3.63, 3.8) is 0 Å². The molecule has 0 aromatic carbocycles. The molecule has 0 aliphatic carbocycles. The Balaban J connectivity index is 3.07. The lowest BCUT2D eigenvalue weighted by Gasteiger charge is -2.21. The summed E-state index contributed by atoms with van der Waals surface area (Å²) in [5.41, 5.74) is 1.24. The first kappa shape index (κ1) is 13.0. The Morgan fingerprint density at radius 1 is 1.56 bits per heavy atom. The zero-order valence-electron chi connectivity index (χ0n) is 9.37. The van der Waals surface area contributed by atoms with E-state index in [1.807, 2.05) is 13.0 Å². The van der Waals surface area contributed by atoms with Crippen LogP contribution in [0.5, 0.6) is 0 Å². The van der Waals surface area contributed by atoms with E-state index in [4.69, 9.17) is 10.6 Å². The SMILES string of the molecule is CCOC(=O)/C(CC)=C1\C=C(Br)C=CN1N. The van der Waals surface area contributed by atoms with Crippen molar-refractivity contribution in [3.8, 4) is 0 Å². The van der Waals surface area contributed by atoms with Gasteiger partial charge in [-0.3, -0.25) is 5.01 Å². The highest BCUT2D eigenvalue weighted by atomic mass is 79.9. The summed E-state index contributed by atoms with van der Waals surface area (Å²) in [4.78, 5) is 11.7. The fourth-order valence-electron chi connectivity index (χ4n) is 1.38. The van der Waals surface area contributed by atoms with Crippen LogP contribution in [0.2, 0.25) is 0 Å². The first-order valence-corrected chi connectivity index (χ1v) is 5.89. The Kier molecular flexibility index (Phi) is 4.76. The lowest BCUT2D eigenvalue weighted by Crippen LogP contribution is -2.28. The highest BCUT2D eigenvalue weighted by Gasteiger charge is 2.18. The Hall–Kier alpha value is -1.07. The molecule has 0 aromatic rings. The molecule has 1 aliphatic rings. The molecule has 0 atom stereocenters. The average Bonchev–Trinajstić information content (AvgIpc) is 2.24. The minimum Gasteiger partial charge on any atom is -0.463 e. The summed E-state index contributed by atoms with van der Waals surface area (Å²) in [5.74, 6) is 5.45. The summed E-state index contributed by atoms with van der Waals surface area (Å²) in [6, 6.07) is 0. The molecule has 0 unspecified atom stereocenters. The van der Waals surface area contributed by atoms with Crippen LogP contribution < -0.4 is 5.84 Å². The molecule has 0 saturated carbocycles. The van der Waals surface area contributed by atoms with Crippen LogP contribution in [0.15, 0.2) is 34.1 Å². The second-order valence-electron chi connectivity index (χ2n) is 3.19. The molecule has 16 heavy (non-hydrogen) atoms. The molecule has 0 bridgehead atoms. The van der Waals surface area contributed by atoms with Crippen LogP contribution in [-0.4, -0.2) is 17.6 Å². The first-order valence-electron chi connectivity index (χ1n) is 5.09. The van der Waals surface area contributed by atoms with Crippen molar-refractivity contribution in [1.82, 2.24) is 5.01 Å². The van der Waals surface area contributed by atoms with E-state index < -0.39 is 0 Å².